The zero-order chi connectivity index (χ0) is 14.1. The predicted molar refractivity (Wildman–Crippen MR) is 60.1 cm³/mol. The van der Waals surface area contributed by atoms with Crippen molar-refractivity contribution in [2.75, 3.05) is 0 Å². The molecular weight excluding hydrogens is 320 g/mol. The molecule has 2 atom stereocenters. The van der Waals surface area contributed by atoms with Crippen LogP contribution < -0.4 is 5.73 Å². The van der Waals surface area contributed by atoms with Crippen LogP contribution in [0.15, 0.2) is 16.7 Å². The van der Waals surface area contributed by atoms with Crippen LogP contribution in [0.3, 0.4) is 0 Å². The zero-order valence-corrected chi connectivity index (χ0v) is 10.9. The highest BCUT2D eigenvalue weighted by atomic mass is 79.9. The fourth-order valence-corrected chi connectivity index (χ4v) is 1.78. The number of hydrogen-bond acceptors (Lipinski definition) is 3. The number of aliphatic hydroxyl groups is 1. The Morgan fingerprint density at radius 2 is 2.06 bits per heavy atom. The van der Waals surface area contributed by atoms with E-state index in [4.69, 9.17) is 10.8 Å². The van der Waals surface area contributed by atoms with Gasteiger partial charge in [0, 0.05) is 28.2 Å². The van der Waals surface area contributed by atoms with Gasteiger partial charge in [-0.1, -0.05) is 0 Å². The summed E-state index contributed by atoms with van der Waals surface area (Å²) < 4.78 is 50.6. The molecule has 0 bridgehead atoms. The van der Waals surface area contributed by atoms with Crippen LogP contribution in [-0.2, 0) is 5.54 Å². The Morgan fingerprint density at radius 3 is 2.56 bits per heavy atom. The molecule has 1 heterocycles. The molecule has 8 heteroatoms. The van der Waals surface area contributed by atoms with E-state index in [2.05, 4.69) is 20.9 Å². The Labute approximate surface area is 109 Å². The molecular formula is C10H11BrF4N2O. The van der Waals surface area contributed by atoms with Gasteiger partial charge in [-0.3, -0.25) is 0 Å². The number of aromatic nitrogens is 1. The number of nitrogens with zero attached hydrogens (tertiary/aromatic N) is 1. The summed E-state index contributed by atoms with van der Waals surface area (Å²) >= 11 is 3.03. The molecule has 0 unspecified atom stereocenters. The van der Waals surface area contributed by atoms with Gasteiger partial charge in [0.05, 0.1) is 0 Å². The Balaban J connectivity index is 3.02. The van der Waals surface area contributed by atoms with Crippen molar-refractivity contribution in [3.05, 3.63) is 28.2 Å². The topological polar surface area (TPSA) is 59.1 Å². The number of hydrogen-bond donors (Lipinski definition) is 2. The Hall–Kier alpha value is -0.730. The van der Waals surface area contributed by atoms with E-state index in [0.29, 0.717) is 4.47 Å². The Bertz CT molecular complexity index is 436. The van der Waals surface area contributed by atoms with E-state index in [0.717, 1.165) is 6.20 Å². The second-order valence-electron chi connectivity index (χ2n) is 4.17. The summed E-state index contributed by atoms with van der Waals surface area (Å²) in [7, 11) is 0. The highest BCUT2D eigenvalue weighted by Crippen LogP contribution is 2.32. The predicted octanol–water partition coefficient (Wildman–Crippen LogP) is 2.47. The molecule has 102 valence electrons. The van der Waals surface area contributed by atoms with E-state index < -0.39 is 30.2 Å². The maximum Gasteiger partial charge on any atom is 0.414 e. The van der Waals surface area contributed by atoms with Crippen molar-refractivity contribution in [3.8, 4) is 0 Å². The molecule has 0 aromatic carbocycles. The third kappa shape index (κ3) is 3.63. The second kappa shape index (κ2) is 5.10. The van der Waals surface area contributed by atoms with Crippen LogP contribution in [0.2, 0.25) is 0 Å². The van der Waals surface area contributed by atoms with Crippen LogP contribution in [0, 0.1) is 5.95 Å². The normalized spacial score (nSPS) is 17.3. The van der Waals surface area contributed by atoms with E-state index in [1.54, 1.807) is 0 Å². The van der Waals surface area contributed by atoms with Crippen molar-refractivity contribution >= 4 is 15.9 Å². The van der Waals surface area contributed by atoms with Crippen LogP contribution in [0.25, 0.3) is 0 Å². The summed E-state index contributed by atoms with van der Waals surface area (Å²) in [4.78, 5) is 3.36. The molecule has 0 radical (unpaired) electrons. The van der Waals surface area contributed by atoms with Gasteiger partial charge in [0.1, 0.15) is 0 Å². The van der Waals surface area contributed by atoms with Gasteiger partial charge < -0.3 is 10.8 Å². The molecule has 1 rings (SSSR count). The SMILES string of the molecule is C[C@](N)(C[C@H](O)C(F)(F)F)c1cc(Br)cnc1F. The smallest absolute Gasteiger partial charge is 0.384 e. The van der Waals surface area contributed by atoms with Gasteiger partial charge in [-0.2, -0.15) is 17.6 Å². The zero-order valence-electron chi connectivity index (χ0n) is 9.30. The third-order valence-electron chi connectivity index (χ3n) is 2.42. The second-order valence-corrected chi connectivity index (χ2v) is 5.09. The van der Waals surface area contributed by atoms with Crippen LogP contribution in [0.1, 0.15) is 18.9 Å². The van der Waals surface area contributed by atoms with Crippen LogP contribution in [0.4, 0.5) is 17.6 Å². The quantitative estimate of drug-likeness (QED) is 0.661. The van der Waals surface area contributed by atoms with E-state index in [-0.39, 0.29) is 5.56 Å². The number of aliphatic hydroxyl groups excluding tert-OH is 1. The van der Waals surface area contributed by atoms with Crippen molar-refractivity contribution in [2.24, 2.45) is 5.73 Å². The number of rotatable bonds is 3. The average molecular weight is 331 g/mol. The Kier molecular flexibility index (Phi) is 4.34. The standard InChI is InChI=1S/C10H11BrF4N2O/c1-9(16,3-7(18)10(13,14)15)6-2-5(11)4-17-8(6)12/h2,4,7,18H,3,16H2,1H3/t7-,9-/m0/s1. The third-order valence-corrected chi connectivity index (χ3v) is 2.85. The number of halogens is 5. The summed E-state index contributed by atoms with van der Waals surface area (Å²) in [6, 6.07) is 1.24. The maximum atomic E-state index is 13.4. The Morgan fingerprint density at radius 1 is 1.50 bits per heavy atom. The molecule has 0 saturated heterocycles. The van der Waals surface area contributed by atoms with Crippen molar-refractivity contribution in [1.82, 2.24) is 4.98 Å². The molecule has 0 saturated carbocycles. The summed E-state index contributed by atoms with van der Waals surface area (Å²) in [5.41, 5.74) is 3.77. The van der Waals surface area contributed by atoms with Crippen molar-refractivity contribution in [3.63, 3.8) is 0 Å². The van der Waals surface area contributed by atoms with Gasteiger partial charge >= 0.3 is 6.18 Å². The van der Waals surface area contributed by atoms with Crippen molar-refractivity contribution < 1.29 is 22.7 Å². The highest BCUT2D eigenvalue weighted by molar-refractivity contribution is 9.10. The van der Waals surface area contributed by atoms with Gasteiger partial charge in [0.25, 0.3) is 0 Å². The summed E-state index contributed by atoms with van der Waals surface area (Å²) in [5.74, 6) is -0.961. The van der Waals surface area contributed by atoms with Crippen molar-refractivity contribution in [1.29, 1.82) is 0 Å². The number of alkyl halides is 3. The molecule has 0 fully saturated rings. The maximum absolute atomic E-state index is 13.4. The molecule has 0 aliphatic heterocycles. The van der Waals surface area contributed by atoms with E-state index in [9.17, 15) is 17.6 Å². The van der Waals surface area contributed by atoms with E-state index in [1.807, 2.05) is 0 Å². The summed E-state index contributed by atoms with van der Waals surface area (Å²) in [6.07, 6.45) is -7.11. The average Bonchev–Trinajstić information content (AvgIpc) is 2.19. The monoisotopic (exact) mass is 330 g/mol. The molecule has 18 heavy (non-hydrogen) atoms. The van der Waals surface area contributed by atoms with Crippen LogP contribution in [0.5, 0.6) is 0 Å². The van der Waals surface area contributed by atoms with Gasteiger partial charge in [0.2, 0.25) is 5.95 Å². The molecule has 0 aliphatic rings. The van der Waals surface area contributed by atoms with E-state index >= 15 is 0 Å². The molecule has 3 N–H and O–H groups in total. The lowest BCUT2D eigenvalue weighted by Crippen LogP contribution is -2.42. The summed E-state index contributed by atoms with van der Waals surface area (Å²) in [6.45, 7) is 1.20. The lowest BCUT2D eigenvalue weighted by Gasteiger charge is -2.28. The largest absolute Gasteiger partial charge is 0.414 e. The van der Waals surface area contributed by atoms with Gasteiger partial charge in [-0.05, 0) is 28.9 Å². The lowest BCUT2D eigenvalue weighted by atomic mass is 9.88. The molecule has 0 amide bonds. The molecule has 1 aromatic heterocycles. The minimum absolute atomic E-state index is 0.194. The first-order chi connectivity index (χ1) is 8.04. The fraction of sp³-hybridized carbons (Fsp3) is 0.500. The first-order valence-electron chi connectivity index (χ1n) is 4.89. The van der Waals surface area contributed by atoms with Crippen LogP contribution in [-0.4, -0.2) is 22.4 Å². The van der Waals surface area contributed by atoms with Crippen LogP contribution >= 0.6 is 15.9 Å². The van der Waals surface area contributed by atoms with Gasteiger partial charge in [0.15, 0.2) is 6.10 Å². The van der Waals surface area contributed by atoms with E-state index in [1.165, 1.54) is 13.0 Å². The fourth-order valence-electron chi connectivity index (χ4n) is 1.45. The van der Waals surface area contributed by atoms with Gasteiger partial charge in [-0.25, -0.2) is 4.98 Å². The summed E-state index contributed by atoms with van der Waals surface area (Å²) in [5, 5.41) is 8.98. The minimum atomic E-state index is -4.80. The molecule has 0 aliphatic carbocycles. The molecule has 3 nitrogen and oxygen atoms in total. The number of nitrogens with two attached hydrogens (primary N) is 1. The first-order valence-corrected chi connectivity index (χ1v) is 5.68. The first kappa shape index (κ1) is 15.3. The number of pyridine rings is 1. The highest BCUT2D eigenvalue weighted by Gasteiger charge is 2.42. The lowest BCUT2D eigenvalue weighted by molar-refractivity contribution is -0.209. The minimum Gasteiger partial charge on any atom is -0.384 e. The molecule has 0 spiro atoms. The van der Waals surface area contributed by atoms with Gasteiger partial charge in [-0.15, -0.1) is 0 Å². The van der Waals surface area contributed by atoms with Crippen molar-refractivity contribution in [2.45, 2.75) is 31.2 Å². The molecule has 1 aromatic rings.